The van der Waals surface area contributed by atoms with Crippen LogP contribution in [0.1, 0.15) is 16.7 Å². The first-order chi connectivity index (χ1) is 9.01. The number of nitrogens with zero attached hydrogens (tertiary/aromatic N) is 2. The van der Waals surface area contributed by atoms with Crippen molar-refractivity contribution in [3.05, 3.63) is 66.5 Å². The summed E-state index contributed by atoms with van der Waals surface area (Å²) in [5.74, 6) is 0. The van der Waals surface area contributed by atoms with Crippen molar-refractivity contribution < 1.29 is 0 Å². The third kappa shape index (κ3) is 3.14. The molecule has 0 aliphatic heterocycles. The maximum Gasteiger partial charge on any atom is 0.265 e. The largest absolute Gasteiger partial charge is 0.309 e. The Balaban J connectivity index is 2.42. The molecular weight excluding hydrogens is 372 g/mol. The van der Waals surface area contributed by atoms with E-state index in [-0.39, 0.29) is 5.56 Å². The molecule has 19 heavy (non-hydrogen) atoms. The van der Waals surface area contributed by atoms with Crippen molar-refractivity contribution in [2.45, 2.75) is 13.5 Å². The van der Waals surface area contributed by atoms with Gasteiger partial charge in [-0.25, -0.2) is 0 Å². The fraction of sp³-hybridized carbons (Fsp3) is 0.143. The lowest BCUT2D eigenvalue weighted by atomic mass is 10.1. The molecule has 2 rings (SSSR count). The topological polar surface area (TPSA) is 45.8 Å². The highest BCUT2D eigenvalue weighted by atomic mass is 79.9. The molecule has 0 unspecified atom stereocenters. The minimum Gasteiger partial charge on any atom is -0.309 e. The van der Waals surface area contributed by atoms with Gasteiger partial charge in [0.2, 0.25) is 0 Å². The second-order valence-corrected chi connectivity index (χ2v) is 5.96. The van der Waals surface area contributed by atoms with Gasteiger partial charge in [-0.3, -0.25) is 4.79 Å². The van der Waals surface area contributed by atoms with E-state index in [9.17, 15) is 4.79 Å². The van der Waals surface area contributed by atoms with Crippen LogP contribution in [0, 0.1) is 18.3 Å². The van der Waals surface area contributed by atoms with Crippen LogP contribution in [0.2, 0.25) is 0 Å². The van der Waals surface area contributed by atoms with Gasteiger partial charge in [0, 0.05) is 10.7 Å². The molecule has 0 saturated heterocycles. The van der Waals surface area contributed by atoms with Crippen LogP contribution in [0.3, 0.4) is 0 Å². The Labute approximate surface area is 127 Å². The van der Waals surface area contributed by atoms with Gasteiger partial charge in [0.15, 0.2) is 0 Å². The quantitative estimate of drug-likeness (QED) is 0.797. The molecule has 0 saturated carbocycles. The smallest absolute Gasteiger partial charge is 0.265 e. The highest BCUT2D eigenvalue weighted by molar-refractivity contribution is 9.11. The van der Waals surface area contributed by atoms with E-state index in [2.05, 4.69) is 37.9 Å². The summed E-state index contributed by atoms with van der Waals surface area (Å²) in [6, 6.07) is 9.31. The monoisotopic (exact) mass is 380 g/mol. The minimum atomic E-state index is -0.0769. The highest BCUT2D eigenvalue weighted by Gasteiger charge is 2.06. The molecular formula is C14H10Br2N2O. The fourth-order valence-corrected chi connectivity index (χ4v) is 3.07. The van der Waals surface area contributed by atoms with Gasteiger partial charge < -0.3 is 4.57 Å². The molecule has 1 heterocycles. The van der Waals surface area contributed by atoms with Crippen molar-refractivity contribution in [1.82, 2.24) is 4.57 Å². The maximum atomic E-state index is 12.0. The summed E-state index contributed by atoms with van der Waals surface area (Å²) in [5, 5.41) is 8.84. The van der Waals surface area contributed by atoms with Crippen LogP contribution in [0.4, 0.5) is 0 Å². The van der Waals surface area contributed by atoms with Gasteiger partial charge in [0.25, 0.3) is 5.56 Å². The molecule has 5 heteroatoms. The van der Waals surface area contributed by atoms with Crippen LogP contribution in [0.25, 0.3) is 0 Å². The molecule has 1 aromatic carbocycles. The predicted molar refractivity (Wildman–Crippen MR) is 81.1 cm³/mol. The van der Waals surface area contributed by atoms with Gasteiger partial charge in [-0.2, -0.15) is 5.26 Å². The molecule has 0 radical (unpaired) electrons. The molecule has 1 aromatic heterocycles. The average molecular weight is 382 g/mol. The summed E-state index contributed by atoms with van der Waals surface area (Å²) in [6.07, 6.45) is 1.75. The average Bonchev–Trinajstić information content (AvgIpc) is 2.37. The number of halogens is 2. The molecule has 0 aliphatic carbocycles. The number of hydrogen-bond donors (Lipinski definition) is 0. The third-order valence-electron chi connectivity index (χ3n) is 2.82. The summed E-state index contributed by atoms with van der Waals surface area (Å²) in [7, 11) is 0. The number of pyridine rings is 1. The Hall–Kier alpha value is -1.38. The van der Waals surface area contributed by atoms with Crippen molar-refractivity contribution >= 4 is 31.9 Å². The van der Waals surface area contributed by atoms with Crippen LogP contribution in [-0.4, -0.2) is 4.57 Å². The SMILES string of the molecule is Cc1cc(C#N)ccc1Cn1cc(Br)cc(Br)c1=O. The number of aryl methyl sites for hydroxylation is 1. The summed E-state index contributed by atoms with van der Waals surface area (Å²) in [4.78, 5) is 12.0. The summed E-state index contributed by atoms with van der Waals surface area (Å²) >= 11 is 6.61. The van der Waals surface area contributed by atoms with Gasteiger partial charge in [-0.1, -0.05) is 6.07 Å². The predicted octanol–water partition coefficient (Wildman–Crippen LogP) is 3.60. The standard InChI is InChI=1S/C14H10Br2N2O/c1-9-4-10(6-17)2-3-11(9)7-18-8-12(15)5-13(16)14(18)19/h2-5,8H,7H2,1H3. The van der Waals surface area contributed by atoms with E-state index in [1.54, 1.807) is 22.9 Å². The molecule has 2 aromatic rings. The van der Waals surface area contributed by atoms with Crippen molar-refractivity contribution in [3.8, 4) is 6.07 Å². The molecule has 96 valence electrons. The number of benzene rings is 1. The molecule has 0 spiro atoms. The molecule has 0 N–H and O–H groups in total. The van der Waals surface area contributed by atoms with Crippen LogP contribution < -0.4 is 5.56 Å². The van der Waals surface area contributed by atoms with Gasteiger partial charge in [-0.15, -0.1) is 0 Å². The van der Waals surface area contributed by atoms with E-state index in [4.69, 9.17) is 5.26 Å². The Morgan fingerprint density at radius 2 is 2.05 bits per heavy atom. The lowest BCUT2D eigenvalue weighted by molar-refractivity contribution is 0.747. The second kappa shape index (κ2) is 5.72. The second-order valence-electron chi connectivity index (χ2n) is 4.19. The van der Waals surface area contributed by atoms with Crippen LogP contribution in [0.5, 0.6) is 0 Å². The number of aromatic nitrogens is 1. The first kappa shape index (κ1) is 14.0. The van der Waals surface area contributed by atoms with Gasteiger partial charge in [0.1, 0.15) is 0 Å². The van der Waals surface area contributed by atoms with Crippen LogP contribution in [0.15, 0.2) is 44.2 Å². The van der Waals surface area contributed by atoms with E-state index in [0.29, 0.717) is 16.6 Å². The van der Waals surface area contributed by atoms with E-state index >= 15 is 0 Å². The number of rotatable bonds is 2. The highest BCUT2D eigenvalue weighted by Crippen LogP contribution is 2.16. The molecule has 0 atom stereocenters. The Bertz CT molecular complexity index is 729. The van der Waals surface area contributed by atoms with Crippen LogP contribution in [-0.2, 0) is 6.54 Å². The van der Waals surface area contributed by atoms with Crippen molar-refractivity contribution in [2.75, 3.05) is 0 Å². The zero-order valence-electron chi connectivity index (χ0n) is 10.2. The lowest BCUT2D eigenvalue weighted by Crippen LogP contribution is -2.21. The minimum absolute atomic E-state index is 0.0769. The van der Waals surface area contributed by atoms with Gasteiger partial charge in [0.05, 0.1) is 22.7 Å². The third-order valence-corrected chi connectivity index (χ3v) is 3.82. The fourth-order valence-electron chi connectivity index (χ4n) is 1.81. The van der Waals surface area contributed by atoms with Gasteiger partial charge in [-0.05, 0) is 68.1 Å². The molecule has 0 amide bonds. The lowest BCUT2D eigenvalue weighted by Gasteiger charge is -2.10. The Morgan fingerprint density at radius 1 is 1.32 bits per heavy atom. The van der Waals surface area contributed by atoms with Crippen molar-refractivity contribution in [1.29, 1.82) is 5.26 Å². The van der Waals surface area contributed by atoms with E-state index in [1.165, 1.54) is 0 Å². The summed E-state index contributed by atoms with van der Waals surface area (Å²) in [6.45, 7) is 2.42. The van der Waals surface area contributed by atoms with Crippen molar-refractivity contribution in [3.63, 3.8) is 0 Å². The summed E-state index contributed by atoms with van der Waals surface area (Å²) < 4.78 is 2.99. The molecule has 0 bridgehead atoms. The number of nitriles is 1. The number of hydrogen-bond acceptors (Lipinski definition) is 2. The zero-order valence-corrected chi connectivity index (χ0v) is 13.3. The Kier molecular flexibility index (Phi) is 4.23. The Morgan fingerprint density at radius 3 is 2.68 bits per heavy atom. The molecule has 3 nitrogen and oxygen atoms in total. The van der Waals surface area contributed by atoms with E-state index < -0.39 is 0 Å². The van der Waals surface area contributed by atoms with E-state index in [1.807, 2.05) is 19.1 Å². The molecule has 0 fully saturated rings. The van der Waals surface area contributed by atoms with Gasteiger partial charge >= 0.3 is 0 Å². The first-order valence-electron chi connectivity index (χ1n) is 5.56. The van der Waals surface area contributed by atoms with E-state index in [0.717, 1.165) is 15.6 Å². The first-order valence-corrected chi connectivity index (χ1v) is 7.15. The molecule has 0 aliphatic rings. The van der Waals surface area contributed by atoms with Crippen molar-refractivity contribution in [2.24, 2.45) is 0 Å². The maximum absolute atomic E-state index is 12.0. The zero-order chi connectivity index (χ0) is 14.0. The normalized spacial score (nSPS) is 10.2. The van der Waals surface area contributed by atoms with Crippen LogP contribution >= 0.6 is 31.9 Å². The summed E-state index contributed by atoms with van der Waals surface area (Å²) in [5.41, 5.74) is 2.57.